The van der Waals surface area contributed by atoms with Crippen molar-refractivity contribution in [3.05, 3.63) is 12.3 Å². The van der Waals surface area contributed by atoms with Crippen molar-refractivity contribution in [3.8, 4) is 0 Å². The third kappa shape index (κ3) is 8.27. The summed E-state index contributed by atoms with van der Waals surface area (Å²) in [6, 6.07) is 0. The first-order valence-corrected chi connectivity index (χ1v) is 5.29. The summed E-state index contributed by atoms with van der Waals surface area (Å²) in [6.07, 6.45) is 9.16. The Balaban J connectivity index is 2.77. The molecule has 1 nitrogen and oxygen atoms in total. The van der Waals surface area contributed by atoms with Crippen molar-refractivity contribution >= 4 is 22.6 Å². The van der Waals surface area contributed by atoms with Crippen LogP contribution in [0.1, 0.15) is 32.1 Å². The molecule has 0 unspecified atom stereocenters. The molecule has 0 saturated heterocycles. The van der Waals surface area contributed by atoms with E-state index < -0.39 is 0 Å². The third-order valence-corrected chi connectivity index (χ3v) is 2.12. The van der Waals surface area contributed by atoms with Crippen LogP contribution in [-0.4, -0.2) is 9.53 Å². The third-order valence-electron chi connectivity index (χ3n) is 1.36. The Hall–Kier alpha value is 0.270. The normalized spacial score (nSPS) is 10.9. The molecular weight excluding hydrogens is 239 g/mol. The van der Waals surface area contributed by atoms with E-state index in [1.165, 1.54) is 30.1 Å². The van der Waals surface area contributed by atoms with Gasteiger partial charge in [-0.15, -0.1) is 0 Å². The van der Waals surface area contributed by atoms with E-state index in [9.17, 15) is 0 Å². The van der Waals surface area contributed by atoms with E-state index in [-0.39, 0.29) is 0 Å². The predicted molar refractivity (Wildman–Crippen MR) is 53.7 cm³/mol. The van der Waals surface area contributed by atoms with Crippen LogP contribution < -0.4 is 0 Å². The summed E-state index contributed by atoms with van der Waals surface area (Å²) in [4.78, 5) is 0. The molecule has 0 spiro atoms. The van der Waals surface area contributed by atoms with Crippen LogP contribution in [0.4, 0.5) is 0 Å². The zero-order chi connectivity index (χ0) is 7.66. The maximum atomic E-state index is 8.29. The molecule has 0 rings (SSSR count). The Kier molecular flexibility index (Phi) is 9.52. The highest BCUT2D eigenvalue weighted by Gasteiger charge is 1.85. The van der Waals surface area contributed by atoms with Crippen LogP contribution in [0.2, 0.25) is 0 Å². The van der Waals surface area contributed by atoms with Gasteiger partial charge < -0.3 is 5.11 Å². The molecule has 0 aromatic carbocycles. The van der Waals surface area contributed by atoms with E-state index in [0.29, 0.717) is 0 Å². The number of hydrogen-bond donors (Lipinski definition) is 1. The average Bonchev–Trinajstić information content (AvgIpc) is 1.97. The van der Waals surface area contributed by atoms with Crippen LogP contribution >= 0.6 is 22.6 Å². The van der Waals surface area contributed by atoms with Gasteiger partial charge in [-0.3, -0.25) is 0 Å². The van der Waals surface area contributed by atoms with Crippen molar-refractivity contribution in [3.63, 3.8) is 0 Å². The fourth-order valence-corrected chi connectivity index (χ4v) is 1.32. The molecule has 1 N–H and O–H groups in total. The lowest BCUT2D eigenvalue weighted by Crippen LogP contribution is -1.77. The minimum absolute atomic E-state index is 1.03. The quantitative estimate of drug-likeness (QED) is 0.333. The van der Waals surface area contributed by atoms with Gasteiger partial charge >= 0.3 is 0 Å². The van der Waals surface area contributed by atoms with Crippen LogP contribution in [0.3, 0.4) is 0 Å². The second-order valence-corrected chi connectivity index (χ2v) is 3.36. The van der Waals surface area contributed by atoms with Crippen molar-refractivity contribution in [1.29, 1.82) is 0 Å². The van der Waals surface area contributed by atoms with E-state index >= 15 is 0 Å². The number of allylic oxidation sites excluding steroid dienone is 1. The van der Waals surface area contributed by atoms with Gasteiger partial charge in [-0.25, -0.2) is 0 Å². The first-order chi connectivity index (χ1) is 4.91. The number of unbranched alkanes of at least 4 members (excludes halogenated alkanes) is 4. The molecule has 0 atom stereocenters. The van der Waals surface area contributed by atoms with Gasteiger partial charge in [-0.2, -0.15) is 0 Å². The topological polar surface area (TPSA) is 20.2 Å². The lowest BCUT2D eigenvalue weighted by molar-refractivity contribution is 0.469. The van der Waals surface area contributed by atoms with Gasteiger partial charge in [0.2, 0.25) is 0 Å². The highest BCUT2D eigenvalue weighted by Crippen LogP contribution is 2.04. The lowest BCUT2D eigenvalue weighted by Gasteiger charge is -1.94. The van der Waals surface area contributed by atoms with Crippen LogP contribution in [-0.2, 0) is 0 Å². The molecule has 0 radical (unpaired) electrons. The highest BCUT2D eigenvalue weighted by atomic mass is 127. The van der Waals surface area contributed by atoms with E-state index in [2.05, 4.69) is 22.6 Å². The maximum absolute atomic E-state index is 8.29. The first kappa shape index (κ1) is 10.3. The zero-order valence-electron chi connectivity index (χ0n) is 6.22. The summed E-state index contributed by atoms with van der Waals surface area (Å²) in [5.74, 6) is 0. The summed E-state index contributed by atoms with van der Waals surface area (Å²) >= 11 is 2.40. The first-order valence-electron chi connectivity index (χ1n) is 3.77. The number of aliphatic hydroxyl groups excluding tert-OH is 1. The van der Waals surface area contributed by atoms with E-state index in [0.717, 1.165) is 12.7 Å². The second-order valence-electron chi connectivity index (χ2n) is 2.28. The fraction of sp³-hybridized carbons (Fsp3) is 0.750. The van der Waals surface area contributed by atoms with Gasteiger partial charge in [-0.05, 0) is 23.7 Å². The van der Waals surface area contributed by atoms with Crippen molar-refractivity contribution in [2.75, 3.05) is 4.43 Å². The van der Waals surface area contributed by atoms with Gasteiger partial charge in [-0.1, -0.05) is 41.5 Å². The molecule has 10 heavy (non-hydrogen) atoms. The van der Waals surface area contributed by atoms with Crippen molar-refractivity contribution < 1.29 is 5.11 Å². The van der Waals surface area contributed by atoms with E-state index in [4.69, 9.17) is 5.11 Å². The van der Waals surface area contributed by atoms with E-state index in [1.54, 1.807) is 0 Å². The minimum atomic E-state index is 1.03. The van der Waals surface area contributed by atoms with Crippen molar-refractivity contribution in [2.45, 2.75) is 32.1 Å². The Morgan fingerprint density at radius 3 is 2.40 bits per heavy atom. The van der Waals surface area contributed by atoms with Gasteiger partial charge in [0.25, 0.3) is 0 Å². The molecule has 0 aliphatic carbocycles. The molecule has 0 amide bonds. The molecule has 0 aliphatic rings. The second kappa shape index (κ2) is 9.27. The molecule has 0 aliphatic heterocycles. The fourth-order valence-electron chi connectivity index (χ4n) is 0.785. The SMILES string of the molecule is OC=CCCCCCCI. The number of alkyl halides is 1. The molecule has 0 aromatic heterocycles. The lowest BCUT2D eigenvalue weighted by atomic mass is 10.1. The van der Waals surface area contributed by atoms with Gasteiger partial charge in [0.05, 0.1) is 6.26 Å². The molecule has 0 aromatic rings. The molecule has 0 heterocycles. The highest BCUT2D eigenvalue weighted by molar-refractivity contribution is 14.1. The van der Waals surface area contributed by atoms with Crippen molar-refractivity contribution in [2.24, 2.45) is 0 Å². The number of halogens is 1. The number of hydrogen-bond acceptors (Lipinski definition) is 1. The molecular formula is C8H15IO. The summed E-state index contributed by atoms with van der Waals surface area (Å²) < 4.78 is 1.27. The largest absolute Gasteiger partial charge is 0.516 e. The summed E-state index contributed by atoms with van der Waals surface area (Å²) in [6.45, 7) is 0. The Morgan fingerprint density at radius 1 is 1.10 bits per heavy atom. The molecule has 2 heteroatoms. The van der Waals surface area contributed by atoms with Crippen molar-refractivity contribution in [1.82, 2.24) is 0 Å². The van der Waals surface area contributed by atoms with Gasteiger partial charge in [0.15, 0.2) is 0 Å². The predicted octanol–water partition coefficient (Wildman–Crippen LogP) is 3.44. The average molecular weight is 254 g/mol. The minimum Gasteiger partial charge on any atom is -0.516 e. The van der Waals surface area contributed by atoms with Gasteiger partial charge in [0, 0.05) is 0 Å². The summed E-state index contributed by atoms with van der Waals surface area (Å²) in [5, 5.41) is 8.29. The number of aliphatic hydroxyl groups is 1. The molecule has 0 bridgehead atoms. The van der Waals surface area contributed by atoms with Crippen LogP contribution in [0, 0.1) is 0 Å². The Labute approximate surface area is 76.7 Å². The maximum Gasteiger partial charge on any atom is 0.0751 e. The molecule has 60 valence electrons. The molecule has 0 saturated carbocycles. The zero-order valence-corrected chi connectivity index (χ0v) is 8.38. The Bertz CT molecular complexity index is 81.3. The van der Waals surface area contributed by atoms with E-state index in [1.807, 2.05) is 6.08 Å². The van der Waals surface area contributed by atoms with Crippen LogP contribution in [0.25, 0.3) is 0 Å². The Morgan fingerprint density at radius 2 is 1.80 bits per heavy atom. The number of rotatable bonds is 6. The van der Waals surface area contributed by atoms with Crippen LogP contribution in [0.15, 0.2) is 12.3 Å². The summed E-state index contributed by atoms with van der Waals surface area (Å²) in [7, 11) is 0. The standard InChI is InChI=1S/C8H15IO/c9-7-5-3-1-2-4-6-8-10/h6,8,10H,1-5,7H2. The summed E-state index contributed by atoms with van der Waals surface area (Å²) in [5.41, 5.74) is 0. The smallest absolute Gasteiger partial charge is 0.0751 e. The molecule has 0 fully saturated rings. The van der Waals surface area contributed by atoms with Crippen LogP contribution in [0.5, 0.6) is 0 Å². The van der Waals surface area contributed by atoms with Gasteiger partial charge in [0.1, 0.15) is 0 Å². The monoisotopic (exact) mass is 254 g/mol.